The van der Waals surface area contributed by atoms with Crippen molar-refractivity contribution in [3.8, 4) is 0 Å². The molecule has 1 atom stereocenters. The normalized spacial score (nSPS) is 13.4. The Hall–Kier alpha value is -3.78. The fourth-order valence-corrected chi connectivity index (χ4v) is 4.37. The van der Waals surface area contributed by atoms with Crippen molar-refractivity contribution < 1.29 is 23.9 Å². The number of benzene rings is 3. The number of nitrogens with zero attached hydrogens (tertiary/aromatic N) is 1. The van der Waals surface area contributed by atoms with Crippen molar-refractivity contribution in [1.82, 2.24) is 4.90 Å². The van der Waals surface area contributed by atoms with E-state index >= 15 is 0 Å². The van der Waals surface area contributed by atoms with Gasteiger partial charge in [-0.1, -0.05) is 46.3 Å². The minimum Gasteiger partial charge on any atom is -0.452 e. The number of rotatable bonds is 6. The first kappa shape index (κ1) is 24.3. The Morgan fingerprint density at radius 3 is 2.34 bits per heavy atom. The predicted octanol–water partition coefficient (Wildman–Crippen LogP) is 5.22. The molecule has 0 unspecified atom stereocenters. The first-order valence-corrected chi connectivity index (χ1v) is 11.8. The highest BCUT2D eigenvalue weighted by Gasteiger charge is 2.39. The average molecular weight is 535 g/mol. The van der Waals surface area contributed by atoms with E-state index in [1.54, 1.807) is 13.0 Å². The zero-order valence-electron chi connectivity index (χ0n) is 19.4. The number of fused-ring (bicyclic) bond motifs is 1. The highest BCUT2D eigenvalue weighted by Crippen LogP contribution is 2.32. The van der Waals surface area contributed by atoms with Gasteiger partial charge >= 0.3 is 5.97 Å². The van der Waals surface area contributed by atoms with Crippen LogP contribution in [0.5, 0.6) is 0 Å². The summed E-state index contributed by atoms with van der Waals surface area (Å²) in [5, 5.41) is 2.73. The van der Waals surface area contributed by atoms with Crippen LogP contribution in [-0.4, -0.2) is 35.2 Å². The standard InChI is InChI=1S/C27H23BrN2O5/c1-15-16(2)23(12-11-22(15)28)29-24(31)14-35-27(34)19-9-10-20-21(13-19)26(33)30(25(20)32)17(3)18-7-5-4-6-8-18/h4-13,17H,14H2,1-3H3,(H,29,31)/t17-/m0/s1. The van der Waals surface area contributed by atoms with E-state index in [0.29, 0.717) is 5.69 Å². The topological polar surface area (TPSA) is 92.8 Å². The van der Waals surface area contributed by atoms with Crippen LogP contribution in [0.3, 0.4) is 0 Å². The Labute approximate surface area is 211 Å². The van der Waals surface area contributed by atoms with Gasteiger partial charge in [0.1, 0.15) is 0 Å². The third kappa shape index (κ3) is 4.74. The summed E-state index contributed by atoms with van der Waals surface area (Å²) in [7, 11) is 0. The molecule has 178 valence electrons. The van der Waals surface area contributed by atoms with Crippen LogP contribution >= 0.6 is 15.9 Å². The maximum Gasteiger partial charge on any atom is 0.338 e. The lowest BCUT2D eigenvalue weighted by Crippen LogP contribution is -2.32. The first-order chi connectivity index (χ1) is 16.7. The number of anilines is 1. The summed E-state index contributed by atoms with van der Waals surface area (Å²) < 4.78 is 6.08. The molecule has 1 heterocycles. The molecule has 3 aromatic carbocycles. The van der Waals surface area contributed by atoms with E-state index in [0.717, 1.165) is 21.2 Å². The molecule has 4 rings (SSSR count). The zero-order chi connectivity index (χ0) is 25.3. The summed E-state index contributed by atoms with van der Waals surface area (Å²) in [4.78, 5) is 52.0. The minimum atomic E-state index is -0.763. The van der Waals surface area contributed by atoms with E-state index in [-0.39, 0.29) is 16.7 Å². The second-order valence-electron chi connectivity index (χ2n) is 8.30. The Morgan fingerprint density at radius 2 is 1.63 bits per heavy atom. The molecule has 0 aliphatic carbocycles. The summed E-state index contributed by atoms with van der Waals surface area (Å²) in [6.45, 7) is 5.09. The summed E-state index contributed by atoms with van der Waals surface area (Å²) in [6, 6.07) is 16.6. The predicted molar refractivity (Wildman–Crippen MR) is 134 cm³/mol. The van der Waals surface area contributed by atoms with Gasteiger partial charge in [-0.15, -0.1) is 0 Å². The van der Waals surface area contributed by atoms with Gasteiger partial charge in [0.05, 0.1) is 22.7 Å². The molecule has 0 saturated heterocycles. The first-order valence-electron chi connectivity index (χ1n) is 11.0. The minimum absolute atomic E-state index is 0.0857. The van der Waals surface area contributed by atoms with E-state index in [2.05, 4.69) is 21.2 Å². The van der Waals surface area contributed by atoms with Crippen LogP contribution in [-0.2, 0) is 9.53 Å². The highest BCUT2D eigenvalue weighted by atomic mass is 79.9. The third-order valence-electron chi connectivity index (χ3n) is 6.15. The number of imide groups is 1. The molecule has 3 amide bonds. The Balaban J connectivity index is 1.44. The second kappa shape index (κ2) is 9.84. The van der Waals surface area contributed by atoms with Gasteiger partial charge in [0, 0.05) is 10.2 Å². The molecule has 1 aliphatic heterocycles. The third-order valence-corrected chi connectivity index (χ3v) is 7.01. The molecule has 0 saturated carbocycles. The van der Waals surface area contributed by atoms with Gasteiger partial charge in [0.25, 0.3) is 17.7 Å². The Morgan fingerprint density at radius 1 is 0.943 bits per heavy atom. The maximum absolute atomic E-state index is 13.0. The van der Waals surface area contributed by atoms with Crippen LogP contribution in [0, 0.1) is 13.8 Å². The summed E-state index contributed by atoms with van der Waals surface area (Å²) in [5.74, 6) is -2.14. The zero-order valence-corrected chi connectivity index (χ0v) is 21.0. The lowest BCUT2D eigenvalue weighted by atomic mass is 10.1. The van der Waals surface area contributed by atoms with Crippen LogP contribution in [0.1, 0.15) is 60.7 Å². The molecular formula is C27H23BrN2O5. The molecule has 3 aromatic rings. The van der Waals surface area contributed by atoms with Crippen LogP contribution < -0.4 is 5.32 Å². The number of halogens is 1. The molecule has 0 fully saturated rings. The molecule has 0 bridgehead atoms. The largest absolute Gasteiger partial charge is 0.452 e. The monoisotopic (exact) mass is 534 g/mol. The van der Waals surface area contributed by atoms with Crippen molar-refractivity contribution in [2.75, 3.05) is 11.9 Å². The van der Waals surface area contributed by atoms with Gasteiger partial charge < -0.3 is 10.1 Å². The second-order valence-corrected chi connectivity index (χ2v) is 9.15. The van der Waals surface area contributed by atoms with Gasteiger partial charge in [-0.05, 0) is 67.8 Å². The molecule has 8 heteroatoms. The molecule has 35 heavy (non-hydrogen) atoms. The number of hydrogen-bond donors (Lipinski definition) is 1. The Bertz CT molecular complexity index is 1350. The van der Waals surface area contributed by atoms with E-state index in [9.17, 15) is 19.2 Å². The number of amides is 3. The molecular weight excluding hydrogens is 512 g/mol. The van der Waals surface area contributed by atoms with Crippen molar-refractivity contribution in [2.24, 2.45) is 0 Å². The quantitative estimate of drug-likeness (QED) is 0.345. The molecule has 0 radical (unpaired) electrons. The molecule has 0 aromatic heterocycles. The van der Waals surface area contributed by atoms with Gasteiger partial charge in [0.15, 0.2) is 6.61 Å². The lowest BCUT2D eigenvalue weighted by Gasteiger charge is -2.22. The van der Waals surface area contributed by atoms with Crippen molar-refractivity contribution in [2.45, 2.75) is 26.8 Å². The van der Waals surface area contributed by atoms with Gasteiger partial charge in [-0.25, -0.2) is 4.79 Å². The number of nitrogens with one attached hydrogen (secondary N) is 1. The SMILES string of the molecule is Cc1c(Br)ccc(NC(=O)COC(=O)c2ccc3c(c2)C(=O)N([C@@H](C)c2ccccc2)C3=O)c1C. The van der Waals surface area contributed by atoms with Crippen molar-refractivity contribution in [1.29, 1.82) is 0 Å². The molecule has 1 aliphatic rings. The number of ether oxygens (including phenoxy) is 1. The number of esters is 1. The van der Waals surface area contributed by atoms with Gasteiger partial charge in [0.2, 0.25) is 0 Å². The van der Waals surface area contributed by atoms with Crippen LogP contribution in [0.4, 0.5) is 5.69 Å². The summed E-state index contributed by atoms with van der Waals surface area (Å²) in [5.41, 5.74) is 3.79. The van der Waals surface area contributed by atoms with Crippen LogP contribution in [0.15, 0.2) is 65.1 Å². The van der Waals surface area contributed by atoms with Crippen LogP contribution in [0.25, 0.3) is 0 Å². The van der Waals surface area contributed by atoms with Crippen molar-refractivity contribution in [3.05, 3.63) is 98.5 Å². The van der Waals surface area contributed by atoms with Crippen molar-refractivity contribution in [3.63, 3.8) is 0 Å². The maximum atomic E-state index is 13.0. The Kier molecular flexibility index (Phi) is 6.84. The fourth-order valence-electron chi connectivity index (χ4n) is 3.94. The lowest BCUT2D eigenvalue weighted by molar-refractivity contribution is -0.119. The number of carbonyl (C=O) groups is 4. The smallest absolute Gasteiger partial charge is 0.338 e. The van der Waals surface area contributed by atoms with E-state index in [1.807, 2.05) is 50.2 Å². The van der Waals surface area contributed by atoms with Crippen LogP contribution in [0.2, 0.25) is 0 Å². The molecule has 0 spiro atoms. The number of carbonyl (C=O) groups excluding carboxylic acids is 4. The number of hydrogen-bond acceptors (Lipinski definition) is 5. The summed E-state index contributed by atoms with van der Waals surface area (Å²) in [6.07, 6.45) is 0. The van der Waals surface area contributed by atoms with Gasteiger partial charge in [-0.2, -0.15) is 0 Å². The van der Waals surface area contributed by atoms with Gasteiger partial charge in [-0.3, -0.25) is 19.3 Å². The molecule has 7 nitrogen and oxygen atoms in total. The van der Waals surface area contributed by atoms with E-state index in [4.69, 9.17) is 4.74 Å². The van der Waals surface area contributed by atoms with E-state index in [1.165, 1.54) is 23.1 Å². The molecule has 1 N–H and O–H groups in total. The average Bonchev–Trinajstić information content (AvgIpc) is 3.12. The van der Waals surface area contributed by atoms with E-state index < -0.39 is 36.3 Å². The van der Waals surface area contributed by atoms with Crippen molar-refractivity contribution >= 4 is 45.3 Å². The highest BCUT2D eigenvalue weighted by molar-refractivity contribution is 9.10. The summed E-state index contributed by atoms with van der Waals surface area (Å²) >= 11 is 3.44. The fraction of sp³-hybridized carbons (Fsp3) is 0.185.